The van der Waals surface area contributed by atoms with Crippen molar-refractivity contribution >= 4 is 40.6 Å². The number of hydrogen-bond donors (Lipinski definition) is 1. The largest absolute Gasteiger partial charge is 0.449 e. The predicted octanol–water partition coefficient (Wildman–Crippen LogP) is 5.13. The van der Waals surface area contributed by atoms with Crippen LogP contribution in [-0.4, -0.2) is 22.6 Å². The number of rotatable bonds is 9. The van der Waals surface area contributed by atoms with Crippen molar-refractivity contribution in [2.45, 2.75) is 18.9 Å². The Kier molecular flexibility index (Phi) is 7.88. The molecule has 0 saturated heterocycles. The molecule has 3 rings (SSSR count). The van der Waals surface area contributed by atoms with Crippen molar-refractivity contribution in [3.63, 3.8) is 0 Å². The number of anilines is 1. The predicted molar refractivity (Wildman–Crippen MR) is 122 cm³/mol. The van der Waals surface area contributed by atoms with Gasteiger partial charge in [-0.2, -0.15) is 0 Å². The van der Waals surface area contributed by atoms with E-state index in [0.29, 0.717) is 21.8 Å². The topological polar surface area (TPSA) is 116 Å². The van der Waals surface area contributed by atoms with Gasteiger partial charge in [0.15, 0.2) is 6.10 Å². The summed E-state index contributed by atoms with van der Waals surface area (Å²) < 4.78 is 5.45. The minimum Gasteiger partial charge on any atom is -0.449 e. The highest BCUT2D eigenvalue weighted by molar-refractivity contribution is 6.30. The third kappa shape index (κ3) is 6.72. The molecule has 1 N–H and O–H groups in total. The van der Waals surface area contributed by atoms with Crippen LogP contribution < -0.4 is 5.32 Å². The van der Waals surface area contributed by atoms with Crippen LogP contribution in [0.15, 0.2) is 78.9 Å². The van der Waals surface area contributed by atoms with E-state index in [1.807, 2.05) is 0 Å². The molecule has 8 nitrogen and oxygen atoms in total. The maximum absolute atomic E-state index is 13.0. The molecule has 168 valence electrons. The van der Waals surface area contributed by atoms with Gasteiger partial charge < -0.3 is 10.1 Å². The minimum absolute atomic E-state index is 0.104. The molecule has 0 bridgehead atoms. The van der Waals surface area contributed by atoms with E-state index in [9.17, 15) is 24.5 Å². The molecule has 0 fully saturated rings. The molecule has 0 radical (unpaired) electrons. The van der Waals surface area contributed by atoms with Crippen LogP contribution in [0.5, 0.6) is 0 Å². The van der Waals surface area contributed by atoms with Gasteiger partial charge in [0.25, 0.3) is 5.69 Å². The molecule has 9 heteroatoms. The highest BCUT2D eigenvalue weighted by Crippen LogP contribution is 2.25. The summed E-state index contributed by atoms with van der Waals surface area (Å²) in [7, 11) is 0. The first kappa shape index (κ1) is 23.6. The number of amides is 1. The Morgan fingerprint density at radius 2 is 1.55 bits per heavy atom. The Bertz CT molecular complexity index is 1150. The molecule has 33 heavy (non-hydrogen) atoms. The maximum atomic E-state index is 13.0. The van der Waals surface area contributed by atoms with Gasteiger partial charge in [-0.1, -0.05) is 54.1 Å². The number of nitrogens with zero attached hydrogens (tertiary/aromatic N) is 1. The molecule has 0 spiro atoms. The van der Waals surface area contributed by atoms with Crippen molar-refractivity contribution in [3.8, 4) is 0 Å². The second kappa shape index (κ2) is 11.0. The van der Waals surface area contributed by atoms with Crippen molar-refractivity contribution in [1.29, 1.82) is 0 Å². The molecule has 3 aromatic carbocycles. The number of ether oxygens (including phenoxy) is 1. The summed E-state index contributed by atoms with van der Waals surface area (Å²) in [5.41, 5.74) is 1.09. The number of halogens is 1. The summed E-state index contributed by atoms with van der Waals surface area (Å²) in [6, 6.07) is 20.1. The average molecular weight is 467 g/mol. The molecular weight excluding hydrogens is 448 g/mol. The number of Topliss-reactive ketones (excluding diaryl/α,β-unsaturated/α-hetero) is 1. The van der Waals surface area contributed by atoms with Crippen molar-refractivity contribution in [1.82, 2.24) is 0 Å². The Morgan fingerprint density at radius 3 is 2.15 bits per heavy atom. The fourth-order valence-electron chi connectivity index (χ4n) is 2.96. The molecule has 0 aromatic heterocycles. The Morgan fingerprint density at radius 1 is 0.909 bits per heavy atom. The van der Waals surface area contributed by atoms with Crippen molar-refractivity contribution in [3.05, 3.63) is 105 Å². The van der Waals surface area contributed by atoms with Crippen molar-refractivity contribution in [2.24, 2.45) is 0 Å². The lowest BCUT2D eigenvalue weighted by molar-refractivity contribution is -0.384. The van der Waals surface area contributed by atoms with Crippen molar-refractivity contribution in [2.75, 3.05) is 5.32 Å². The van der Waals surface area contributed by atoms with Gasteiger partial charge in [-0.05, 0) is 24.3 Å². The van der Waals surface area contributed by atoms with Gasteiger partial charge in [-0.15, -0.1) is 0 Å². The first-order valence-corrected chi connectivity index (χ1v) is 10.3. The zero-order valence-electron chi connectivity index (χ0n) is 17.3. The smallest absolute Gasteiger partial charge is 0.307 e. The summed E-state index contributed by atoms with van der Waals surface area (Å²) >= 11 is 5.92. The number of carbonyl (C=O) groups is 3. The number of nitro benzene ring substituents is 1. The normalized spacial score (nSPS) is 11.3. The third-order valence-electron chi connectivity index (χ3n) is 4.64. The van der Waals surface area contributed by atoms with Gasteiger partial charge in [-0.3, -0.25) is 24.5 Å². The lowest BCUT2D eigenvalue weighted by Crippen LogP contribution is -2.21. The number of benzene rings is 3. The number of ketones is 1. The number of nitrogens with one attached hydrogen (secondary N) is 1. The highest BCUT2D eigenvalue weighted by Gasteiger charge is 2.26. The summed E-state index contributed by atoms with van der Waals surface area (Å²) in [5, 5.41) is 13.7. The monoisotopic (exact) mass is 466 g/mol. The second-order valence-corrected chi connectivity index (χ2v) is 7.44. The van der Waals surface area contributed by atoms with E-state index >= 15 is 0 Å². The molecule has 3 aromatic rings. The van der Waals surface area contributed by atoms with Crippen LogP contribution in [0.4, 0.5) is 11.4 Å². The summed E-state index contributed by atoms with van der Waals surface area (Å²) in [5.74, 6) is -1.60. The number of carbonyl (C=O) groups excluding carboxylic acids is 3. The van der Waals surface area contributed by atoms with Crippen molar-refractivity contribution < 1.29 is 24.0 Å². The molecule has 1 amide bonds. The van der Waals surface area contributed by atoms with E-state index in [-0.39, 0.29) is 18.5 Å². The fourth-order valence-corrected chi connectivity index (χ4v) is 3.09. The van der Waals surface area contributed by atoms with E-state index in [1.165, 1.54) is 24.3 Å². The van der Waals surface area contributed by atoms with Crippen LogP contribution >= 0.6 is 11.6 Å². The second-order valence-electron chi connectivity index (χ2n) is 7.00. The first-order valence-electron chi connectivity index (χ1n) is 9.92. The quantitative estimate of drug-likeness (QED) is 0.202. The summed E-state index contributed by atoms with van der Waals surface area (Å²) in [6.45, 7) is 0. The lowest BCUT2D eigenvalue weighted by atomic mass is 10.00. The molecule has 1 atom stereocenters. The Labute approximate surface area is 194 Å². The minimum atomic E-state index is -1.19. The number of nitro groups is 1. The number of hydrogen-bond acceptors (Lipinski definition) is 6. The van der Waals surface area contributed by atoms with Gasteiger partial charge in [0.2, 0.25) is 11.7 Å². The molecular formula is C24H19ClN2O6. The first-order chi connectivity index (χ1) is 15.8. The number of esters is 1. The molecule has 0 aliphatic rings. The molecule has 0 heterocycles. The lowest BCUT2D eigenvalue weighted by Gasteiger charge is -2.17. The van der Waals surface area contributed by atoms with Crippen LogP contribution in [0, 0.1) is 10.1 Å². The zero-order chi connectivity index (χ0) is 23.8. The fraction of sp³-hybridized carbons (Fsp3) is 0.125. The SMILES string of the molecule is O=C(CCC(=O)O[C@H](C(=O)c1ccccc1)c1ccc(Cl)cc1)Nc1ccc([N+](=O)[O-])cc1. The average Bonchev–Trinajstić information content (AvgIpc) is 2.82. The Balaban J connectivity index is 1.63. The van der Waals surface area contributed by atoms with E-state index in [2.05, 4.69) is 5.32 Å². The van der Waals surface area contributed by atoms with Crippen LogP contribution in [-0.2, 0) is 14.3 Å². The molecule has 0 unspecified atom stereocenters. The summed E-state index contributed by atoms with van der Waals surface area (Å²) in [6.07, 6.45) is -1.64. The van der Waals surface area contributed by atoms with Gasteiger partial charge >= 0.3 is 5.97 Å². The molecule has 0 aliphatic carbocycles. The van der Waals surface area contributed by atoms with Gasteiger partial charge in [0.1, 0.15) is 0 Å². The van der Waals surface area contributed by atoms with Gasteiger partial charge in [0, 0.05) is 40.4 Å². The number of non-ortho nitro benzene ring substituents is 1. The van der Waals surface area contributed by atoms with E-state index in [0.717, 1.165) is 0 Å². The van der Waals surface area contributed by atoms with E-state index in [1.54, 1.807) is 54.6 Å². The van der Waals surface area contributed by atoms with Gasteiger partial charge in [-0.25, -0.2) is 0 Å². The van der Waals surface area contributed by atoms with Crippen LogP contribution in [0.25, 0.3) is 0 Å². The zero-order valence-corrected chi connectivity index (χ0v) is 18.0. The summed E-state index contributed by atoms with van der Waals surface area (Å²) in [4.78, 5) is 47.7. The standard InChI is InChI=1S/C24H19ClN2O6/c25-18-8-6-17(7-9-18)24(23(30)16-4-2-1-3-5-16)33-22(29)15-14-21(28)26-19-10-12-20(13-11-19)27(31)32/h1-13,24H,14-15H2,(H,26,28)/t24-/m0/s1. The maximum Gasteiger partial charge on any atom is 0.307 e. The highest BCUT2D eigenvalue weighted by atomic mass is 35.5. The molecule has 0 aliphatic heterocycles. The van der Waals surface area contributed by atoms with Gasteiger partial charge in [0.05, 0.1) is 11.3 Å². The van der Waals surface area contributed by atoms with Crippen LogP contribution in [0.1, 0.15) is 34.9 Å². The Hall–Kier alpha value is -4.04. The third-order valence-corrected chi connectivity index (χ3v) is 4.89. The van der Waals surface area contributed by atoms with E-state index < -0.39 is 28.7 Å². The van der Waals surface area contributed by atoms with Crippen LogP contribution in [0.2, 0.25) is 5.02 Å². The van der Waals surface area contributed by atoms with E-state index in [4.69, 9.17) is 16.3 Å². The molecule has 0 saturated carbocycles. The van der Waals surface area contributed by atoms with Crippen LogP contribution in [0.3, 0.4) is 0 Å².